The summed E-state index contributed by atoms with van der Waals surface area (Å²) >= 11 is 0. The monoisotopic (exact) mass is 287 g/mol. The van der Waals surface area contributed by atoms with Gasteiger partial charge in [0.25, 0.3) is 0 Å². The lowest BCUT2D eigenvalue weighted by Gasteiger charge is -2.33. The molecule has 1 nitrogen and oxygen atoms in total. The van der Waals surface area contributed by atoms with Crippen LogP contribution in [0.5, 0.6) is 0 Å². The van der Waals surface area contributed by atoms with E-state index in [9.17, 15) is 0 Å². The molecule has 2 heteroatoms. The molecule has 1 aliphatic heterocycles. The van der Waals surface area contributed by atoms with E-state index in [0.717, 1.165) is 0 Å². The van der Waals surface area contributed by atoms with Crippen LogP contribution in [0.15, 0.2) is 0 Å². The van der Waals surface area contributed by atoms with Gasteiger partial charge in [0.05, 0.1) is 26.2 Å². The number of likely N-dealkylation sites (tertiary alicyclic amines) is 1. The smallest absolute Gasteiger partial charge is 0.0788 e. The van der Waals surface area contributed by atoms with E-state index in [1.807, 2.05) is 0 Å². The summed E-state index contributed by atoms with van der Waals surface area (Å²) in [6, 6.07) is 0. The van der Waals surface area contributed by atoms with E-state index in [0.29, 0.717) is 0 Å². The highest BCUT2D eigenvalue weighted by Gasteiger charge is 2.28. The van der Waals surface area contributed by atoms with Gasteiger partial charge in [-0.2, -0.15) is 0 Å². The molecular formula is C18H38FN. The maximum atomic E-state index is 2.39. The highest BCUT2D eigenvalue weighted by Crippen LogP contribution is 2.20. The first kappa shape index (κ1) is 19.9. The molecule has 0 N–H and O–H groups in total. The first-order chi connectivity index (χ1) is 9.33. The fourth-order valence-corrected chi connectivity index (χ4v) is 3.64. The minimum Gasteiger partial charge on any atom is -1.00 e. The quantitative estimate of drug-likeness (QED) is 0.382. The topological polar surface area (TPSA) is 0 Å². The van der Waals surface area contributed by atoms with Crippen LogP contribution in [0.25, 0.3) is 0 Å². The molecule has 0 radical (unpaired) electrons. The molecule has 1 aliphatic rings. The molecule has 0 aromatic heterocycles. The molecule has 0 bridgehead atoms. The van der Waals surface area contributed by atoms with E-state index < -0.39 is 0 Å². The van der Waals surface area contributed by atoms with E-state index in [1.165, 1.54) is 108 Å². The lowest BCUT2D eigenvalue weighted by molar-refractivity contribution is -0.915. The first-order valence-electron chi connectivity index (χ1n) is 9.18. The summed E-state index contributed by atoms with van der Waals surface area (Å²) in [5.41, 5.74) is 0. The summed E-state index contributed by atoms with van der Waals surface area (Å²) in [6.07, 6.45) is 17.6. The molecule has 0 aromatic rings. The van der Waals surface area contributed by atoms with Gasteiger partial charge in [0.1, 0.15) is 0 Å². The molecule has 1 fully saturated rings. The van der Waals surface area contributed by atoms with Gasteiger partial charge in [-0.15, -0.1) is 0 Å². The van der Waals surface area contributed by atoms with Crippen molar-refractivity contribution in [3.05, 3.63) is 0 Å². The van der Waals surface area contributed by atoms with E-state index >= 15 is 0 Å². The number of quaternary nitrogens is 1. The molecule has 0 saturated carbocycles. The summed E-state index contributed by atoms with van der Waals surface area (Å²) in [4.78, 5) is 0. The van der Waals surface area contributed by atoms with Crippen LogP contribution in [-0.2, 0) is 0 Å². The van der Waals surface area contributed by atoms with Crippen LogP contribution in [-0.4, -0.2) is 30.7 Å². The zero-order chi connectivity index (χ0) is 13.8. The number of hydrogen-bond acceptors (Lipinski definition) is 0. The Labute approximate surface area is 127 Å². The Kier molecular flexibility index (Phi) is 12.5. The molecule has 0 aliphatic carbocycles. The zero-order valence-electron chi connectivity index (χ0n) is 14.1. The standard InChI is InChI=1S/C18H38N.FH/c1-3-5-6-7-8-9-10-11-12-13-16-19(4-2)17-14-15-18-19;/h3-18H2,1-2H3;1H/q+1;/p-1. The van der Waals surface area contributed by atoms with Crippen molar-refractivity contribution in [2.75, 3.05) is 26.2 Å². The van der Waals surface area contributed by atoms with Crippen LogP contribution in [0.1, 0.15) is 90.9 Å². The SMILES string of the molecule is CCCCCCCCCCCC[N+]1(CC)CCCC1.[F-]. The largest absolute Gasteiger partial charge is 1.00 e. The van der Waals surface area contributed by atoms with Crippen molar-refractivity contribution < 1.29 is 9.19 Å². The minimum atomic E-state index is 0. The van der Waals surface area contributed by atoms with Crippen molar-refractivity contribution in [3.8, 4) is 0 Å². The van der Waals surface area contributed by atoms with Crippen LogP contribution >= 0.6 is 0 Å². The summed E-state index contributed by atoms with van der Waals surface area (Å²) in [5.74, 6) is 0. The Balaban J connectivity index is 0.00000361. The third-order valence-corrected chi connectivity index (χ3v) is 5.17. The molecule has 1 heterocycles. The van der Waals surface area contributed by atoms with Gasteiger partial charge < -0.3 is 9.19 Å². The van der Waals surface area contributed by atoms with Crippen LogP contribution < -0.4 is 4.70 Å². The molecule has 1 rings (SSSR count). The average Bonchev–Trinajstić information content (AvgIpc) is 2.90. The molecule has 0 unspecified atom stereocenters. The average molecular weight is 288 g/mol. The predicted molar refractivity (Wildman–Crippen MR) is 86.5 cm³/mol. The highest BCUT2D eigenvalue weighted by molar-refractivity contribution is 4.55. The Morgan fingerprint density at radius 2 is 1.10 bits per heavy atom. The third kappa shape index (κ3) is 8.24. The molecule has 0 amide bonds. The second-order valence-electron chi connectivity index (χ2n) is 6.72. The number of rotatable bonds is 12. The molecule has 122 valence electrons. The number of halogens is 1. The van der Waals surface area contributed by atoms with E-state index in [1.54, 1.807) is 0 Å². The normalized spacial score (nSPS) is 17.1. The van der Waals surface area contributed by atoms with Crippen molar-refractivity contribution in [2.24, 2.45) is 0 Å². The van der Waals surface area contributed by atoms with Crippen molar-refractivity contribution in [1.82, 2.24) is 0 Å². The molecule has 1 saturated heterocycles. The molecular weight excluding hydrogens is 249 g/mol. The molecule has 0 spiro atoms. The minimum absolute atomic E-state index is 0. The Morgan fingerprint density at radius 1 is 0.650 bits per heavy atom. The van der Waals surface area contributed by atoms with Crippen molar-refractivity contribution in [2.45, 2.75) is 90.9 Å². The Morgan fingerprint density at radius 3 is 1.55 bits per heavy atom. The second-order valence-corrected chi connectivity index (χ2v) is 6.72. The summed E-state index contributed by atoms with van der Waals surface area (Å²) in [5, 5.41) is 0. The number of unbranched alkanes of at least 4 members (excludes halogenated alkanes) is 9. The van der Waals surface area contributed by atoms with Gasteiger partial charge in [-0.1, -0.05) is 58.3 Å². The van der Waals surface area contributed by atoms with Gasteiger partial charge >= 0.3 is 0 Å². The van der Waals surface area contributed by atoms with Crippen LogP contribution in [0.4, 0.5) is 0 Å². The predicted octanol–water partition coefficient (Wildman–Crippen LogP) is 2.54. The lowest BCUT2D eigenvalue weighted by atomic mass is 10.1. The maximum Gasteiger partial charge on any atom is 0.0788 e. The van der Waals surface area contributed by atoms with E-state index in [4.69, 9.17) is 0 Å². The molecule has 0 atom stereocenters. The number of hydrogen-bond donors (Lipinski definition) is 0. The summed E-state index contributed by atoms with van der Waals surface area (Å²) in [7, 11) is 0. The van der Waals surface area contributed by atoms with Crippen LogP contribution in [0.2, 0.25) is 0 Å². The highest BCUT2D eigenvalue weighted by atomic mass is 19.0. The zero-order valence-corrected chi connectivity index (χ0v) is 14.1. The lowest BCUT2D eigenvalue weighted by Crippen LogP contribution is -3.00. The van der Waals surface area contributed by atoms with Crippen LogP contribution in [0.3, 0.4) is 0 Å². The van der Waals surface area contributed by atoms with Crippen molar-refractivity contribution in [3.63, 3.8) is 0 Å². The number of nitrogens with zero attached hydrogens (tertiary/aromatic N) is 1. The van der Waals surface area contributed by atoms with Crippen LogP contribution in [0, 0.1) is 0 Å². The summed E-state index contributed by atoms with van der Waals surface area (Å²) in [6.45, 7) is 10.5. The fraction of sp³-hybridized carbons (Fsp3) is 1.00. The van der Waals surface area contributed by atoms with Crippen molar-refractivity contribution >= 4 is 0 Å². The van der Waals surface area contributed by atoms with Gasteiger partial charge in [-0.25, -0.2) is 0 Å². The van der Waals surface area contributed by atoms with E-state index in [-0.39, 0.29) is 4.70 Å². The van der Waals surface area contributed by atoms with Gasteiger partial charge in [-0.05, 0) is 19.8 Å². The Hall–Kier alpha value is -0.110. The molecule has 20 heavy (non-hydrogen) atoms. The third-order valence-electron chi connectivity index (χ3n) is 5.17. The van der Waals surface area contributed by atoms with Gasteiger partial charge in [0, 0.05) is 12.8 Å². The summed E-state index contributed by atoms with van der Waals surface area (Å²) < 4.78 is 1.44. The molecule has 0 aromatic carbocycles. The van der Waals surface area contributed by atoms with Crippen molar-refractivity contribution in [1.29, 1.82) is 0 Å². The van der Waals surface area contributed by atoms with Gasteiger partial charge in [0.2, 0.25) is 0 Å². The maximum absolute atomic E-state index is 2.39. The second kappa shape index (κ2) is 12.6. The Bertz CT molecular complexity index is 200. The van der Waals surface area contributed by atoms with Gasteiger partial charge in [0.15, 0.2) is 0 Å². The van der Waals surface area contributed by atoms with E-state index in [2.05, 4.69) is 13.8 Å². The first-order valence-corrected chi connectivity index (χ1v) is 9.18. The van der Waals surface area contributed by atoms with Gasteiger partial charge in [-0.3, -0.25) is 0 Å². The fourth-order valence-electron chi connectivity index (χ4n) is 3.64.